The van der Waals surface area contributed by atoms with Crippen LogP contribution in [0.15, 0.2) is 22.2 Å². The van der Waals surface area contributed by atoms with E-state index in [2.05, 4.69) is 21.9 Å². The first-order valence-electron chi connectivity index (χ1n) is 6.09. The van der Waals surface area contributed by atoms with Crippen LogP contribution in [0, 0.1) is 23.7 Å². The van der Waals surface area contributed by atoms with Gasteiger partial charge in [-0.05, 0) is 39.7 Å². The van der Waals surface area contributed by atoms with Gasteiger partial charge in [-0.1, -0.05) is 5.92 Å². The van der Waals surface area contributed by atoms with Crippen LogP contribution in [0.4, 0.5) is 4.79 Å². The molecule has 0 fully saturated rings. The lowest BCUT2D eigenvalue weighted by molar-refractivity contribution is -0.115. The summed E-state index contributed by atoms with van der Waals surface area (Å²) >= 11 is 3.30. The highest BCUT2D eigenvalue weighted by atomic mass is 79.9. The number of nitriles is 1. The third-order valence-corrected chi connectivity index (χ3v) is 3.05. The molecular weight excluding hydrogens is 366 g/mol. The number of nitrogens with one attached hydrogen (secondary N) is 1. The fourth-order valence-corrected chi connectivity index (χ4v) is 2.15. The molecular formula is C15H12BrN3O4. The Hall–Kier alpha value is -2.97. The zero-order valence-electron chi connectivity index (χ0n) is 12.1. The zero-order valence-corrected chi connectivity index (χ0v) is 13.6. The molecule has 3 N–H and O–H groups in total. The van der Waals surface area contributed by atoms with E-state index in [9.17, 15) is 9.59 Å². The van der Waals surface area contributed by atoms with Crippen LogP contribution in [0.5, 0.6) is 11.5 Å². The van der Waals surface area contributed by atoms with Crippen molar-refractivity contribution in [2.45, 2.75) is 0 Å². The van der Waals surface area contributed by atoms with Crippen LogP contribution in [0.1, 0.15) is 5.56 Å². The van der Waals surface area contributed by atoms with Gasteiger partial charge in [-0.3, -0.25) is 10.1 Å². The Morgan fingerprint density at radius 1 is 1.52 bits per heavy atom. The van der Waals surface area contributed by atoms with Gasteiger partial charge in [-0.2, -0.15) is 5.26 Å². The fourth-order valence-electron chi connectivity index (χ4n) is 1.57. The first kappa shape index (κ1) is 18.1. The Bertz CT molecular complexity index is 744. The smallest absolute Gasteiger partial charge is 0.319 e. The molecule has 0 aromatic heterocycles. The van der Waals surface area contributed by atoms with Crippen molar-refractivity contribution in [3.63, 3.8) is 0 Å². The van der Waals surface area contributed by atoms with E-state index >= 15 is 0 Å². The molecule has 1 rings (SSSR count). The number of nitrogens with two attached hydrogens (primary N) is 1. The van der Waals surface area contributed by atoms with E-state index in [1.165, 1.54) is 13.2 Å². The number of methoxy groups -OCH3 is 1. The lowest BCUT2D eigenvalue weighted by Gasteiger charge is -2.12. The molecule has 8 heteroatoms. The number of carbonyl (C=O) groups is 2. The number of hydrogen-bond donors (Lipinski definition) is 2. The van der Waals surface area contributed by atoms with E-state index in [0.29, 0.717) is 21.5 Å². The molecule has 0 bridgehead atoms. The molecule has 0 saturated carbocycles. The van der Waals surface area contributed by atoms with Gasteiger partial charge in [0.15, 0.2) is 11.5 Å². The molecule has 1 aromatic carbocycles. The van der Waals surface area contributed by atoms with Crippen LogP contribution in [0.3, 0.4) is 0 Å². The Morgan fingerprint density at radius 3 is 2.74 bits per heavy atom. The first-order valence-corrected chi connectivity index (χ1v) is 6.88. The zero-order chi connectivity index (χ0) is 17.4. The van der Waals surface area contributed by atoms with Crippen molar-refractivity contribution in [1.29, 1.82) is 5.26 Å². The molecule has 3 amide bonds. The van der Waals surface area contributed by atoms with Gasteiger partial charge in [0.1, 0.15) is 18.2 Å². The lowest BCUT2D eigenvalue weighted by atomic mass is 10.1. The number of carbonyl (C=O) groups excluding carboxylic acids is 2. The van der Waals surface area contributed by atoms with Crippen LogP contribution < -0.4 is 20.5 Å². The average molecular weight is 378 g/mol. The van der Waals surface area contributed by atoms with Crippen LogP contribution in [-0.2, 0) is 4.79 Å². The molecule has 1 aromatic rings. The first-order chi connectivity index (χ1) is 10.9. The second-order valence-electron chi connectivity index (χ2n) is 4.02. The second-order valence-corrected chi connectivity index (χ2v) is 4.87. The predicted octanol–water partition coefficient (Wildman–Crippen LogP) is 1.57. The normalized spacial score (nSPS) is 10.2. The number of benzene rings is 1. The summed E-state index contributed by atoms with van der Waals surface area (Å²) in [7, 11) is 1.43. The van der Waals surface area contributed by atoms with Crippen LogP contribution in [0.2, 0.25) is 0 Å². The van der Waals surface area contributed by atoms with E-state index in [1.807, 2.05) is 5.32 Å². The van der Waals surface area contributed by atoms with Gasteiger partial charge in [0.25, 0.3) is 5.91 Å². The Labute approximate surface area is 141 Å². The van der Waals surface area contributed by atoms with E-state index in [1.54, 1.807) is 18.2 Å². The molecule has 118 valence electrons. The number of ether oxygens (including phenoxy) is 2. The van der Waals surface area contributed by atoms with E-state index in [4.69, 9.17) is 26.9 Å². The monoisotopic (exact) mass is 377 g/mol. The molecule has 0 saturated heterocycles. The van der Waals surface area contributed by atoms with E-state index in [-0.39, 0.29) is 12.2 Å². The van der Waals surface area contributed by atoms with Crippen molar-refractivity contribution in [2.75, 3.05) is 13.7 Å². The van der Waals surface area contributed by atoms with Gasteiger partial charge in [0.05, 0.1) is 11.6 Å². The number of nitrogens with zero attached hydrogens (tertiary/aromatic N) is 1. The molecule has 0 aliphatic carbocycles. The summed E-state index contributed by atoms with van der Waals surface area (Å²) in [4.78, 5) is 22.3. The number of halogens is 1. The molecule has 0 unspecified atom stereocenters. The molecule has 0 aliphatic rings. The summed E-state index contributed by atoms with van der Waals surface area (Å²) in [6, 6.07) is 3.79. The minimum Gasteiger partial charge on any atom is -0.493 e. The molecule has 23 heavy (non-hydrogen) atoms. The second kappa shape index (κ2) is 8.47. The lowest BCUT2D eigenvalue weighted by Crippen LogP contribution is -2.35. The van der Waals surface area contributed by atoms with E-state index in [0.717, 1.165) is 0 Å². The van der Waals surface area contributed by atoms with Crippen LogP contribution in [0.25, 0.3) is 6.08 Å². The van der Waals surface area contributed by atoms with Crippen molar-refractivity contribution < 1.29 is 19.1 Å². The highest BCUT2D eigenvalue weighted by Gasteiger charge is 2.14. The van der Waals surface area contributed by atoms with Crippen molar-refractivity contribution in [3.8, 4) is 29.9 Å². The summed E-state index contributed by atoms with van der Waals surface area (Å²) in [6.45, 7) is 0.0502. The van der Waals surface area contributed by atoms with Gasteiger partial charge < -0.3 is 15.2 Å². The number of primary amides is 1. The van der Waals surface area contributed by atoms with Crippen molar-refractivity contribution in [1.82, 2.24) is 5.32 Å². The van der Waals surface area contributed by atoms with Gasteiger partial charge in [0, 0.05) is 0 Å². The van der Waals surface area contributed by atoms with Gasteiger partial charge in [-0.15, -0.1) is 6.42 Å². The molecule has 0 spiro atoms. The van der Waals surface area contributed by atoms with Crippen molar-refractivity contribution in [2.24, 2.45) is 5.73 Å². The topological polar surface area (TPSA) is 114 Å². The Morgan fingerprint density at radius 2 is 2.22 bits per heavy atom. The average Bonchev–Trinajstić information content (AvgIpc) is 2.50. The predicted molar refractivity (Wildman–Crippen MR) is 86.3 cm³/mol. The third-order valence-electron chi connectivity index (χ3n) is 2.46. The minimum absolute atomic E-state index is 0.0502. The molecule has 7 nitrogen and oxygen atoms in total. The van der Waals surface area contributed by atoms with Crippen molar-refractivity contribution >= 4 is 33.9 Å². The number of urea groups is 1. The molecule has 0 aliphatic heterocycles. The SMILES string of the molecule is C#CCOc1c(Br)cc(/C=C(/C#N)C(=O)NC(N)=O)cc1OC. The van der Waals surface area contributed by atoms with Gasteiger partial charge in [-0.25, -0.2) is 4.79 Å². The Kier molecular flexibility index (Phi) is 6.66. The van der Waals surface area contributed by atoms with E-state index < -0.39 is 11.9 Å². The highest BCUT2D eigenvalue weighted by Crippen LogP contribution is 2.37. The minimum atomic E-state index is -1.05. The number of hydrogen-bond acceptors (Lipinski definition) is 5. The molecule has 0 radical (unpaired) electrons. The fraction of sp³-hybridized carbons (Fsp3) is 0.133. The van der Waals surface area contributed by atoms with Crippen molar-refractivity contribution in [3.05, 3.63) is 27.7 Å². The maximum atomic E-state index is 11.6. The quantitative estimate of drug-likeness (QED) is 0.459. The third kappa shape index (κ3) is 5.06. The summed E-state index contributed by atoms with van der Waals surface area (Å²) in [5, 5.41) is 10.8. The summed E-state index contributed by atoms with van der Waals surface area (Å²) < 4.78 is 11.1. The Balaban J connectivity index is 3.23. The maximum absolute atomic E-state index is 11.6. The molecule has 0 heterocycles. The summed E-state index contributed by atoms with van der Waals surface area (Å²) in [5.74, 6) is 2.18. The number of rotatable bonds is 5. The largest absolute Gasteiger partial charge is 0.493 e. The number of imide groups is 1. The molecule has 0 atom stereocenters. The van der Waals surface area contributed by atoms with Crippen LogP contribution in [-0.4, -0.2) is 25.7 Å². The van der Waals surface area contributed by atoms with Gasteiger partial charge in [0.2, 0.25) is 0 Å². The number of terminal acetylenes is 1. The highest BCUT2D eigenvalue weighted by molar-refractivity contribution is 9.10. The summed E-state index contributed by atoms with van der Waals surface area (Å²) in [6.07, 6.45) is 6.42. The standard InChI is InChI=1S/C15H12BrN3O4/c1-3-4-23-13-11(16)6-9(7-12(13)22-2)5-10(8-17)14(20)19-15(18)21/h1,5-7H,4H2,2H3,(H3,18,19,20,21)/b10-5-. The summed E-state index contributed by atoms with van der Waals surface area (Å²) in [5.41, 5.74) is 5.02. The van der Waals surface area contributed by atoms with Gasteiger partial charge >= 0.3 is 6.03 Å². The number of amides is 3. The van der Waals surface area contributed by atoms with Crippen LogP contribution >= 0.6 is 15.9 Å². The maximum Gasteiger partial charge on any atom is 0.319 e.